The van der Waals surface area contributed by atoms with Gasteiger partial charge in [0.1, 0.15) is 0 Å². The number of hydrogen-bond acceptors (Lipinski definition) is 2. The standard InChI is InChI=1S/C11H10N2/c1-8(2)11-10-4-5-12-7-9(10)3-6-13-11/h3-7H,1H2,2H3. The molecule has 0 saturated heterocycles. The first kappa shape index (κ1) is 7.92. The topological polar surface area (TPSA) is 25.8 Å². The van der Waals surface area contributed by atoms with E-state index in [2.05, 4.69) is 16.5 Å². The third-order valence-electron chi connectivity index (χ3n) is 1.97. The molecule has 0 radical (unpaired) electrons. The van der Waals surface area contributed by atoms with E-state index in [9.17, 15) is 0 Å². The lowest BCUT2D eigenvalue weighted by molar-refractivity contribution is 1.28. The van der Waals surface area contributed by atoms with E-state index in [1.807, 2.05) is 25.3 Å². The average Bonchev–Trinajstić information content (AvgIpc) is 2.17. The molecule has 2 nitrogen and oxygen atoms in total. The Morgan fingerprint density at radius 1 is 1.31 bits per heavy atom. The van der Waals surface area contributed by atoms with Gasteiger partial charge in [0.25, 0.3) is 0 Å². The quantitative estimate of drug-likeness (QED) is 0.657. The summed E-state index contributed by atoms with van der Waals surface area (Å²) < 4.78 is 0. The van der Waals surface area contributed by atoms with E-state index in [4.69, 9.17) is 0 Å². The summed E-state index contributed by atoms with van der Waals surface area (Å²) in [5, 5.41) is 2.22. The Labute approximate surface area is 77.0 Å². The summed E-state index contributed by atoms with van der Waals surface area (Å²) in [4.78, 5) is 8.33. The molecule has 0 fully saturated rings. The second-order valence-corrected chi connectivity index (χ2v) is 3.04. The van der Waals surface area contributed by atoms with E-state index < -0.39 is 0 Å². The van der Waals surface area contributed by atoms with Gasteiger partial charge in [-0.05, 0) is 24.6 Å². The maximum absolute atomic E-state index is 4.28. The molecule has 2 aromatic rings. The van der Waals surface area contributed by atoms with Gasteiger partial charge >= 0.3 is 0 Å². The average molecular weight is 170 g/mol. The smallest absolute Gasteiger partial charge is 0.0732 e. The van der Waals surface area contributed by atoms with Crippen molar-refractivity contribution in [3.8, 4) is 0 Å². The van der Waals surface area contributed by atoms with E-state index in [1.54, 1.807) is 12.4 Å². The first-order valence-electron chi connectivity index (χ1n) is 4.13. The number of rotatable bonds is 1. The van der Waals surface area contributed by atoms with Crippen LogP contribution in [0.2, 0.25) is 0 Å². The van der Waals surface area contributed by atoms with Crippen LogP contribution in [0.1, 0.15) is 12.6 Å². The number of aromatic nitrogens is 2. The minimum absolute atomic E-state index is 0.958. The maximum atomic E-state index is 4.28. The van der Waals surface area contributed by atoms with Crippen LogP contribution < -0.4 is 0 Å². The summed E-state index contributed by atoms with van der Waals surface area (Å²) in [6, 6.07) is 3.92. The number of fused-ring (bicyclic) bond motifs is 1. The van der Waals surface area contributed by atoms with E-state index in [0.29, 0.717) is 0 Å². The molecular weight excluding hydrogens is 160 g/mol. The number of nitrogens with zero attached hydrogens (tertiary/aromatic N) is 2. The molecule has 0 bridgehead atoms. The van der Waals surface area contributed by atoms with Crippen molar-refractivity contribution in [2.75, 3.05) is 0 Å². The minimum Gasteiger partial charge on any atom is -0.264 e. The van der Waals surface area contributed by atoms with Crippen molar-refractivity contribution >= 4 is 16.3 Å². The zero-order chi connectivity index (χ0) is 9.26. The molecule has 64 valence electrons. The Balaban J connectivity index is 2.83. The second-order valence-electron chi connectivity index (χ2n) is 3.04. The molecule has 0 amide bonds. The van der Waals surface area contributed by atoms with Gasteiger partial charge in [-0.2, -0.15) is 0 Å². The molecule has 2 heterocycles. The van der Waals surface area contributed by atoms with Gasteiger partial charge in [0.15, 0.2) is 0 Å². The Morgan fingerprint density at radius 2 is 2.15 bits per heavy atom. The van der Waals surface area contributed by atoms with Crippen molar-refractivity contribution in [2.45, 2.75) is 6.92 Å². The maximum Gasteiger partial charge on any atom is 0.0732 e. The molecular formula is C11H10N2. The van der Waals surface area contributed by atoms with Crippen molar-refractivity contribution < 1.29 is 0 Å². The molecule has 2 rings (SSSR count). The first-order valence-corrected chi connectivity index (χ1v) is 4.13. The summed E-state index contributed by atoms with van der Waals surface area (Å²) in [6.07, 6.45) is 5.40. The van der Waals surface area contributed by atoms with Gasteiger partial charge in [0.2, 0.25) is 0 Å². The summed E-state index contributed by atoms with van der Waals surface area (Å²) >= 11 is 0. The van der Waals surface area contributed by atoms with Gasteiger partial charge in [0, 0.05) is 29.4 Å². The summed E-state index contributed by atoms with van der Waals surface area (Å²) in [5.74, 6) is 0. The highest BCUT2D eigenvalue weighted by Crippen LogP contribution is 2.19. The zero-order valence-electron chi connectivity index (χ0n) is 7.49. The monoisotopic (exact) mass is 170 g/mol. The number of allylic oxidation sites excluding steroid dienone is 1. The van der Waals surface area contributed by atoms with Crippen LogP contribution in [0.25, 0.3) is 16.3 Å². The van der Waals surface area contributed by atoms with Gasteiger partial charge in [-0.3, -0.25) is 9.97 Å². The van der Waals surface area contributed by atoms with Crippen molar-refractivity contribution in [3.63, 3.8) is 0 Å². The molecule has 0 aliphatic carbocycles. The molecule has 0 aliphatic rings. The van der Waals surface area contributed by atoms with E-state index in [0.717, 1.165) is 22.0 Å². The van der Waals surface area contributed by atoms with E-state index in [1.165, 1.54) is 0 Å². The van der Waals surface area contributed by atoms with Crippen LogP contribution in [-0.4, -0.2) is 9.97 Å². The van der Waals surface area contributed by atoms with Crippen molar-refractivity contribution in [1.29, 1.82) is 0 Å². The Hall–Kier alpha value is -1.70. The van der Waals surface area contributed by atoms with Gasteiger partial charge in [-0.1, -0.05) is 6.58 Å². The highest BCUT2D eigenvalue weighted by molar-refractivity contribution is 5.90. The normalized spacial score (nSPS) is 10.2. The van der Waals surface area contributed by atoms with Crippen LogP contribution in [0.3, 0.4) is 0 Å². The number of pyridine rings is 2. The lowest BCUT2D eigenvalue weighted by Crippen LogP contribution is -1.87. The molecule has 0 spiro atoms. The van der Waals surface area contributed by atoms with Crippen LogP contribution in [0.15, 0.2) is 37.3 Å². The van der Waals surface area contributed by atoms with Crippen molar-refractivity contribution in [1.82, 2.24) is 9.97 Å². The Morgan fingerprint density at radius 3 is 2.92 bits per heavy atom. The molecule has 0 saturated carbocycles. The zero-order valence-corrected chi connectivity index (χ0v) is 7.49. The predicted octanol–water partition coefficient (Wildman–Crippen LogP) is 2.66. The third kappa shape index (κ3) is 1.31. The van der Waals surface area contributed by atoms with Crippen molar-refractivity contribution in [3.05, 3.63) is 43.0 Å². The lowest BCUT2D eigenvalue weighted by atomic mass is 10.1. The SMILES string of the molecule is C=C(C)c1nccc2cnccc12. The highest BCUT2D eigenvalue weighted by Gasteiger charge is 2.01. The fourth-order valence-corrected chi connectivity index (χ4v) is 1.36. The van der Waals surface area contributed by atoms with Gasteiger partial charge in [-0.25, -0.2) is 0 Å². The molecule has 13 heavy (non-hydrogen) atoms. The van der Waals surface area contributed by atoms with Crippen LogP contribution in [0, 0.1) is 0 Å². The second kappa shape index (κ2) is 2.98. The molecule has 0 N–H and O–H groups in total. The molecule has 0 unspecified atom stereocenters. The van der Waals surface area contributed by atoms with Crippen molar-refractivity contribution in [2.24, 2.45) is 0 Å². The van der Waals surface area contributed by atoms with Crippen LogP contribution in [0.4, 0.5) is 0 Å². The summed E-state index contributed by atoms with van der Waals surface area (Å²) in [5.41, 5.74) is 1.94. The fraction of sp³-hybridized carbons (Fsp3) is 0.0909. The molecule has 0 atom stereocenters. The minimum atomic E-state index is 0.958. The molecule has 2 heteroatoms. The number of hydrogen-bond donors (Lipinski definition) is 0. The third-order valence-corrected chi connectivity index (χ3v) is 1.97. The van der Waals surface area contributed by atoms with E-state index in [-0.39, 0.29) is 0 Å². The summed E-state index contributed by atoms with van der Waals surface area (Å²) in [7, 11) is 0. The van der Waals surface area contributed by atoms with E-state index >= 15 is 0 Å². The molecule has 0 aliphatic heterocycles. The van der Waals surface area contributed by atoms with Crippen LogP contribution in [-0.2, 0) is 0 Å². The van der Waals surface area contributed by atoms with Gasteiger partial charge in [0.05, 0.1) is 5.69 Å². The van der Waals surface area contributed by atoms with Crippen LogP contribution in [0.5, 0.6) is 0 Å². The molecule has 0 aromatic carbocycles. The molecule has 2 aromatic heterocycles. The van der Waals surface area contributed by atoms with Crippen LogP contribution >= 0.6 is 0 Å². The lowest BCUT2D eigenvalue weighted by Gasteiger charge is -2.02. The Bertz CT molecular complexity index is 455. The Kier molecular flexibility index (Phi) is 1.81. The first-order chi connectivity index (χ1) is 6.29. The summed E-state index contributed by atoms with van der Waals surface area (Å²) in [6.45, 7) is 5.85. The van der Waals surface area contributed by atoms with Gasteiger partial charge in [-0.15, -0.1) is 0 Å². The highest BCUT2D eigenvalue weighted by atomic mass is 14.7. The fourth-order valence-electron chi connectivity index (χ4n) is 1.36. The largest absolute Gasteiger partial charge is 0.264 e. The van der Waals surface area contributed by atoms with Gasteiger partial charge < -0.3 is 0 Å². The predicted molar refractivity (Wildman–Crippen MR) is 54.2 cm³/mol.